The molecular formula is C22H29N3O5S. The zero-order valence-corrected chi connectivity index (χ0v) is 18.7. The molecule has 31 heavy (non-hydrogen) atoms. The van der Waals surface area contributed by atoms with E-state index >= 15 is 0 Å². The molecule has 0 spiro atoms. The van der Waals surface area contributed by atoms with Gasteiger partial charge in [0.05, 0.1) is 11.2 Å². The molecule has 1 saturated heterocycles. The maximum Gasteiger partial charge on any atom is 0.243 e. The quantitative estimate of drug-likeness (QED) is 0.647. The van der Waals surface area contributed by atoms with Crippen LogP contribution in [0.2, 0.25) is 0 Å². The molecule has 3 rings (SSSR count). The van der Waals surface area contributed by atoms with Crippen LogP contribution in [0.5, 0.6) is 0 Å². The molecule has 2 amide bonds. The highest BCUT2D eigenvalue weighted by Gasteiger charge is 2.30. The van der Waals surface area contributed by atoms with Crippen molar-refractivity contribution in [2.45, 2.75) is 50.5 Å². The number of piperidine rings is 1. The van der Waals surface area contributed by atoms with E-state index in [1.807, 2.05) is 19.1 Å². The minimum absolute atomic E-state index is 0.0195. The van der Waals surface area contributed by atoms with Gasteiger partial charge < -0.3 is 15.1 Å². The van der Waals surface area contributed by atoms with Crippen LogP contribution in [0.4, 0.5) is 5.69 Å². The fraction of sp³-hybridized carbons (Fsp3) is 0.455. The van der Waals surface area contributed by atoms with Crippen LogP contribution >= 0.6 is 0 Å². The lowest BCUT2D eigenvalue weighted by Gasteiger charge is -2.31. The Morgan fingerprint density at radius 1 is 1.16 bits per heavy atom. The van der Waals surface area contributed by atoms with E-state index in [1.54, 1.807) is 18.4 Å². The standard InChI is InChI=1S/C22H29N3O5S/c1-16(14-20-4-3-13-30-20)23-22(27)15-18-9-11-25(12-10-18)31(28,29)21-7-5-19(6-8-21)24-17(2)26/h3-8,13,16,18H,9-12,14-15H2,1-2H3,(H,23,27)(H,24,26)/t16-/m1/s1. The van der Waals surface area contributed by atoms with Gasteiger partial charge >= 0.3 is 0 Å². The molecule has 0 saturated carbocycles. The van der Waals surface area contributed by atoms with E-state index in [9.17, 15) is 18.0 Å². The molecule has 1 atom stereocenters. The van der Waals surface area contributed by atoms with Gasteiger partial charge in [0, 0.05) is 44.6 Å². The third kappa shape index (κ3) is 6.41. The van der Waals surface area contributed by atoms with Crippen molar-refractivity contribution < 1.29 is 22.4 Å². The summed E-state index contributed by atoms with van der Waals surface area (Å²) >= 11 is 0. The number of sulfonamides is 1. The molecule has 1 aromatic heterocycles. The summed E-state index contributed by atoms with van der Waals surface area (Å²) in [6, 6.07) is 9.83. The normalized spacial score (nSPS) is 16.6. The summed E-state index contributed by atoms with van der Waals surface area (Å²) in [5, 5.41) is 5.61. The number of benzene rings is 1. The molecule has 1 fully saturated rings. The van der Waals surface area contributed by atoms with Crippen LogP contribution < -0.4 is 10.6 Å². The van der Waals surface area contributed by atoms with Crippen LogP contribution in [0, 0.1) is 5.92 Å². The lowest BCUT2D eigenvalue weighted by atomic mass is 9.94. The molecule has 8 nitrogen and oxygen atoms in total. The summed E-state index contributed by atoms with van der Waals surface area (Å²) in [7, 11) is -3.60. The van der Waals surface area contributed by atoms with Crippen LogP contribution in [-0.4, -0.2) is 43.7 Å². The van der Waals surface area contributed by atoms with Crippen molar-refractivity contribution in [3.8, 4) is 0 Å². The van der Waals surface area contributed by atoms with Gasteiger partial charge in [-0.1, -0.05) is 0 Å². The van der Waals surface area contributed by atoms with E-state index in [2.05, 4.69) is 10.6 Å². The highest BCUT2D eigenvalue weighted by atomic mass is 32.2. The molecule has 0 radical (unpaired) electrons. The monoisotopic (exact) mass is 447 g/mol. The van der Waals surface area contributed by atoms with Crippen LogP contribution in [0.25, 0.3) is 0 Å². The molecule has 2 N–H and O–H groups in total. The maximum absolute atomic E-state index is 12.9. The molecular weight excluding hydrogens is 418 g/mol. The predicted molar refractivity (Wildman–Crippen MR) is 117 cm³/mol. The van der Waals surface area contributed by atoms with Gasteiger partial charge in [0.25, 0.3) is 0 Å². The number of hydrogen-bond donors (Lipinski definition) is 2. The van der Waals surface area contributed by atoms with Crippen molar-refractivity contribution in [1.29, 1.82) is 0 Å². The SMILES string of the molecule is CC(=O)Nc1ccc(S(=O)(=O)N2CCC(CC(=O)N[C@H](C)Cc3ccco3)CC2)cc1. The third-order valence-corrected chi connectivity index (χ3v) is 7.27. The Kier molecular flexibility index (Phi) is 7.50. The summed E-state index contributed by atoms with van der Waals surface area (Å²) in [6.45, 7) is 4.10. The maximum atomic E-state index is 12.9. The first-order valence-electron chi connectivity index (χ1n) is 10.4. The molecule has 1 aliphatic heterocycles. The molecule has 1 aromatic carbocycles. The molecule has 0 unspecified atom stereocenters. The number of nitrogens with one attached hydrogen (secondary N) is 2. The Morgan fingerprint density at radius 3 is 2.42 bits per heavy atom. The van der Waals surface area contributed by atoms with Gasteiger partial charge in [-0.05, 0) is 62.1 Å². The number of rotatable bonds is 8. The van der Waals surface area contributed by atoms with E-state index in [-0.39, 0.29) is 28.7 Å². The summed E-state index contributed by atoms with van der Waals surface area (Å²) in [5.41, 5.74) is 0.553. The van der Waals surface area contributed by atoms with Crippen molar-refractivity contribution >= 4 is 27.5 Å². The number of nitrogens with zero attached hydrogens (tertiary/aromatic N) is 1. The average Bonchev–Trinajstić information content (AvgIpc) is 3.21. The van der Waals surface area contributed by atoms with Crippen molar-refractivity contribution in [1.82, 2.24) is 9.62 Å². The summed E-state index contributed by atoms with van der Waals surface area (Å²) in [5.74, 6) is 0.756. The fourth-order valence-electron chi connectivity index (χ4n) is 3.79. The minimum atomic E-state index is -3.60. The number of hydrogen-bond acceptors (Lipinski definition) is 5. The topological polar surface area (TPSA) is 109 Å². The number of carbonyl (C=O) groups excluding carboxylic acids is 2. The van der Waals surface area contributed by atoms with Gasteiger partial charge in [0.1, 0.15) is 5.76 Å². The average molecular weight is 448 g/mol. The molecule has 0 aliphatic carbocycles. The molecule has 1 aliphatic rings. The van der Waals surface area contributed by atoms with Crippen LogP contribution in [0.1, 0.15) is 38.9 Å². The van der Waals surface area contributed by atoms with Crippen LogP contribution in [0.3, 0.4) is 0 Å². The predicted octanol–water partition coefficient (Wildman–Crippen LogP) is 2.78. The Hall–Kier alpha value is -2.65. The second kappa shape index (κ2) is 10.1. The van der Waals surface area contributed by atoms with Gasteiger partial charge in [-0.2, -0.15) is 4.31 Å². The van der Waals surface area contributed by atoms with Gasteiger partial charge in [-0.25, -0.2) is 8.42 Å². The number of anilines is 1. The Balaban J connectivity index is 1.48. The van der Waals surface area contributed by atoms with Crippen LogP contribution in [-0.2, 0) is 26.0 Å². The fourth-order valence-corrected chi connectivity index (χ4v) is 5.26. The van der Waals surface area contributed by atoms with Crippen LogP contribution in [0.15, 0.2) is 52.0 Å². The highest BCUT2D eigenvalue weighted by Crippen LogP contribution is 2.26. The first-order valence-corrected chi connectivity index (χ1v) is 11.9. The lowest BCUT2D eigenvalue weighted by molar-refractivity contribution is -0.122. The van der Waals surface area contributed by atoms with E-state index in [0.717, 1.165) is 5.76 Å². The molecule has 2 heterocycles. The van der Waals surface area contributed by atoms with Crippen molar-refractivity contribution in [3.05, 3.63) is 48.4 Å². The first kappa shape index (κ1) is 23.0. The molecule has 0 bridgehead atoms. The molecule has 9 heteroatoms. The summed E-state index contributed by atoms with van der Waals surface area (Å²) < 4.78 is 32.6. The van der Waals surface area contributed by atoms with Gasteiger partial charge in [0.15, 0.2) is 0 Å². The van der Waals surface area contributed by atoms with E-state index in [4.69, 9.17) is 4.42 Å². The smallest absolute Gasteiger partial charge is 0.243 e. The zero-order chi connectivity index (χ0) is 22.4. The van der Waals surface area contributed by atoms with E-state index < -0.39 is 10.0 Å². The summed E-state index contributed by atoms with van der Waals surface area (Å²) in [6.07, 6.45) is 3.92. The Bertz CT molecular complexity index is 979. The molecule has 168 valence electrons. The number of furan rings is 1. The van der Waals surface area contributed by atoms with Gasteiger partial charge in [-0.15, -0.1) is 0 Å². The second-order valence-corrected chi connectivity index (χ2v) is 9.95. The van der Waals surface area contributed by atoms with E-state index in [1.165, 1.54) is 23.4 Å². The zero-order valence-electron chi connectivity index (χ0n) is 17.8. The van der Waals surface area contributed by atoms with E-state index in [0.29, 0.717) is 44.5 Å². The van der Waals surface area contributed by atoms with Crippen molar-refractivity contribution in [3.63, 3.8) is 0 Å². The van der Waals surface area contributed by atoms with Crippen molar-refractivity contribution in [2.24, 2.45) is 5.92 Å². The molecule has 2 aromatic rings. The number of amides is 2. The second-order valence-electron chi connectivity index (χ2n) is 8.01. The van der Waals surface area contributed by atoms with Crippen molar-refractivity contribution in [2.75, 3.05) is 18.4 Å². The Morgan fingerprint density at radius 2 is 1.84 bits per heavy atom. The first-order chi connectivity index (χ1) is 14.7. The minimum Gasteiger partial charge on any atom is -0.469 e. The lowest BCUT2D eigenvalue weighted by Crippen LogP contribution is -2.40. The number of carbonyl (C=O) groups is 2. The Labute approximate surface area is 183 Å². The van der Waals surface area contributed by atoms with Gasteiger partial charge in [0.2, 0.25) is 21.8 Å². The largest absolute Gasteiger partial charge is 0.469 e. The third-order valence-electron chi connectivity index (χ3n) is 5.35. The summed E-state index contributed by atoms with van der Waals surface area (Å²) in [4.78, 5) is 23.7. The van der Waals surface area contributed by atoms with Gasteiger partial charge in [-0.3, -0.25) is 9.59 Å². The highest BCUT2D eigenvalue weighted by molar-refractivity contribution is 7.89.